The minimum Gasteiger partial charge on any atom is -0.319 e. The minimum atomic E-state index is -0.339. The Kier molecular flexibility index (Phi) is 2.89. The summed E-state index contributed by atoms with van der Waals surface area (Å²) in [6.07, 6.45) is 4.32. The van der Waals surface area contributed by atoms with E-state index < -0.39 is 0 Å². The lowest BCUT2D eigenvalue weighted by atomic mass is 9.77. The highest BCUT2D eigenvalue weighted by atomic mass is 19.1. The van der Waals surface area contributed by atoms with Crippen molar-refractivity contribution in [2.24, 2.45) is 17.3 Å². The molecule has 1 N–H and O–H groups in total. The number of hydrogen-bond acceptors (Lipinski definition) is 1. The second kappa shape index (κ2) is 4.30. The summed E-state index contributed by atoms with van der Waals surface area (Å²) in [6, 6.07) is 3.79. The van der Waals surface area contributed by atoms with Crippen LogP contribution < -0.4 is 5.32 Å². The van der Waals surface area contributed by atoms with Crippen molar-refractivity contribution in [2.45, 2.75) is 25.7 Å². The molecule has 2 saturated carbocycles. The SMILES string of the molecule is CNCC1(Cc2cc(F)ccc2F)CC2CC2C1. The molecule has 0 bridgehead atoms. The largest absolute Gasteiger partial charge is 0.319 e. The van der Waals surface area contributed by atoms with Crippen molar-refractivity contribution in [3.63, 3.8) is 0 Å². The Morgan fingerprint density at radius 3 is 2.67 bits per heavy atom. The third kappa shape index (κ3) is 2.16. The first-order valence-electron chi connectivity index (χ1n) is 6.70. The van der Waals surface area contributed by atoms with Gasteiger partial charge in [-0.3, -0.25) is 0 Å². The van der Waals surface area contributed by atoms with Crippen LogP contribution in [0.1, 0.15) is 24.8 Å². The highest BCUT2D eigenvalue weighted by molar-refractivity contribution is 5.22. The molecule has 0 amide bonds. The molecule has 0 spiro atoms. The van der Waals surface area contributed by atoms with Crippen LogP contribution in [0.5, 0.6) is 0 Å². The first-order valence-corrected chi connectivity index (χ1v) is 6.70. The molecule has 3 rings (SSSR count). The average Bonchev–Trinajstić information content (AvgIpc) is 2.93. The molecule has 0 aliphatic heterocycles. The van der Waals surface area contributed by atoms with Gasteiger partial charge in [0.2, 0.25) is 0 Å². The van der Waals surface area contributed by atoms with E-state index in [0.717, 1.165) is 31.2 Å². The lowest BCUT2D eigenvalue weighted by Crippen LogP contribution is -2.33. The van der Waals surface area contributed by atoms with Crippen LogP contribution >= 0.6 is 0 Å². The Hall–Kier alpha value is -0.960. The maximum atomic E-state index is 13.8. The summed E-state index contributed by atoms with van der Waals surface area (Å²) < 4.78 is 27.0. The summed E-state index contributed by atoms with van der Waals surface area (Å²) in [7, 11) is 1.94. The topological polar surface area (TPSA) is 12.0 Å². The van der Waals surface area contributed by atoms with Gasteiger partial charge in [-0.15, -0.1) is 0 Å². The molecular weight excluding hydrogens is 232 g/mol. The summed E-state index contributed by atoms with van der Waals surface area (Å²) >= 11 is 0. The van der Waals surface area contributed by atoms with E-state index in [4.69, 9.17) is 0 Å². The molecule has 2 unspecified atom stereocenters. The van der Waals surface area contributed by atoms with E-state index in [9.17, 15) is 8.78 Å². The molecule has 2 aliphatic rings. The van der Waals surface area contributed by atoms with Crippen LogP contribution in [-0.2, 0) is 6.42 Å². The summed E-state index contributed by atoms with van der Waals surface area (Å²) in [4.78, 5) is 0. The number of halogens is 2. The fourth-order valence-electron chi connectivity index (χ4n) is 3.81. The van der Waals surface area contributed by atoms with E-state index in [1.54, 1.807) is 0 Å². The minimum absolute atomic E-state index is 0.136. The van der Waals surface area contributed by atoms with Crippen molar-refractivity contribution in [1.82, 2.24) is 5.32 Å². The molecule has 1 aromatic rings. The molecule has 0 aromatic heterocycles. The van der Waals surface area contributed by atoms with Gasteiger partial charge >= 0.3 is 0 Å². The third-order valence-electron chi connectivity index (χ3n) is 4.58. The zero-order chi connectivity index (χ0) is 12.8. The molecule has 0 saturated heterocycles. The molecule has 2 atom stereocenters. The number of nitrogens with one attached hydrogen (secondary N) is 1. The van der Waals surface area contributed by atoms with Crippen molar-refractivity contribution in [2.75, 3.05) is 13.6 Å². The van der Waals surface area contributed by atoms with Gasteiger partial charge < -0.3 is 5.32 Å². The normalized spacial score (nSPS) is 33.5. The van der Waals surface area contributed by atoms with Gasteiger partial charge in [-0.1, -0.05) is 0 Å². The Morgan fingerprint density at radius 2 is 2.00 bits per heavy atom. The smallest absolute Gasteiger partial charge is 0.126 e. The van der Waals surface area contributed by atoms with Gasteiger partial charge in [0, 0.05) is 6.54 Å². The Morgan fingerprint density at radius 1 is 1.28 bits per heavy atom. The monoisotopic (exact) mass is 251 g/mol. The molecule has 1 nitrogen and oxygen atoms in total. The molecule has 2 fully saturated rings. The van der Waals surface area contributed by atoms with Gasteiger partial charge in [0.25, 0.3) is 0 Å². The fraction of sp³-hybridized carbons (Fsp3) is 0.600. The van der Waals surface area contributed by atoms with Crippen LogP contribution in [0, 0.1) is 28.9 Å². The van der Waals surface area contributed by atoms with Crippen LogP contribution in [0.15, 0.2) is 18.2 Å². The van der Waals surface area contributed by atoms with E-state index in [0.29, 0.717) is 12.0 Å². The van der Waals surface area contributed by atoms with E-state index in [2.05, 4.69) is 5.32 Å². The molecule has 2 aliphatic carbocycles. The maximum absolute atomic E-state index is 13.8. The summed E-state index contributed by atoms with van der Waals surface area (Å²) in [5, 5.41) is 3.23. The first kappa shape index (κ1) is 12.1. The number of fused-ring (bicyclic) bond motifs is 1. The molecule has 3 heteroatoms. The van der Waals surface area contributed by atoms with Gasteiger partial charge in [-0.25, -0.2) is 8.78 Å². The predicted molar refractivity (Wildman–Crippen MR) is 67.3 cm³/mol. The van der Waals surface area contributed by atoms with Gasteiger partial charge in [0.15, 0.2) is 0 Å². The van der Waals surface area contributed by atoms with Crippen LogP contribution in [0.4, 0.5) is 8.78 Å². The molecule has 98 valence electrons. The molecule has 0 heterocycles. The summed E-state index contributed by atoms with van der Waals surface area (Å²) in [6.45, 7) is 0.899. The zero-order valence-corrected chi connectivity index (χ0v) is 10.7. The quantitative estimate of drug-likeness (QED) is 0.867. The Bertz CT molecular complexity index is 448. The van der Waals surface area contributed by atoms with Gasteiger partial charge in [-0.05, 0) is 73.7 Å². The highest BCUT2D eigenvalue weighted by Gasteiger charge is 2.53. The summed E-state index contributed by atoms with van der Waals surface area (Å²) in [5.41, 5.74) is 0.670. The number of rotatable bonds is 4. The Labute approximate surface area is 107 Å². The Balaban J connectivity index is 1.82. The van der Waals surface area contributed by atoms with E-state index in [1.165, 1.54) is 24.6 Å². The van der Waals surface area contributed by atoms with Gasteiger partial charge in [0.05, 0.1) is 0 Å². The van der Waals surface area contributed by atoms with Crippen LogP contribution in [-0.4, -0.2) is 13.6 Å². The van der Waals surface area contributed by atoms with E-state index >= 15 is 0 Å². The lowest BCUT2D eigenvalue weighted by Gasteiger charge is -2.31. The lowest BCUT2D eigenvalue weighted by molar-refractivity contribution is 0.252. The first-order chi connectivity index (χ1) is 8.62. The zero-order valence-electron chi connectivity index (χ0n) is 10.7. The third-order valence-corrected chi connectivity index (χ3v) is 4.58. The molecule has 0 radical (unpaired) electrons. The molecule has 18 heavy (non-hydrogen) atoms. The van der Waals surface area contributed by atoms with Crippen molar-refractivity contribution in [1.29, 1.82) is 0 Å². The van der Waals surface area contributed by atoms with Crippen LogP contribution in [0.25, 0.3) is 0 Å². The maximum Gasteiger partial charge on any atom is 0.126 e. The summed E-state index contributed by atoms with van der Waals surface area (Å²) in [5.74, 6) is 1.08. The predicted octanol–water partition coefficient (Wildman–Crippen LogP) is 3.14. The highest BCUT2D eigenvalue weighted by Crippen LogP contribution is 2.60. The van der Waals surface area contributed by atoms with Crippen molar-refractivity contribution < 1.29 is 8.78 Å². The second-order valence-corrected chi connectivity index (χ2v) is 6.11. The van der Waals surface area contributed by atoms with Gasteiger partial charge in [0.1, 0.15) is 11.6 Å². The van der Waals surface area contributed by atoms with Crippen molar-refractivity contribution in [3.8, 4) is 0 Å². The van der Waals surface area contributed by atoms with Crippen molar-refractivity contribution in [3.05, 3.63) is 35.4 Å². The van der Waals surface area contributed by atoms with E-state index in [-0.39, 0.29) is 17.0 Å². The van der Waals surface area contributed by atoms with Crippen LogP contribution in [0.2, 0.25) is 0 Å². The number of benzene rings is 1. The van der Waals surface area contributed by atoms with E-state index in [1.807, 2.05) is 7.05 Å². The molecular formula is C15H19F2N. The standard InChI is InChI=1S/C15H19F2N/c1-18-9-15(6-10-4-11(10)7-15)8-12-5-13(16)2-3-14(12)17/h2-3,5,10-11,18H,4,6-9H2,1H3. The number of hydrogen-bond donors (Lipinski definition) is 1. The van der Waals surface area contributed by atoms with Gasteiger partial charge in [-0.2, -0.15) is 0 Å². The fourth-order valence-corrected chi connectivity index (χ4v) is 3.81. The van der Waals surface area contributed by atoms with Crippen LogP contribution in [0.3, 0.4) is 0 Å². The average molecular weight is 251 g/mol. The van der Waals surface area contributed by atoms with Crippen molar-refractivity contribution >= 4 is 0 Å². The second-order valence-electron chi connectivity index (χ2n) is 6.11. The molecule has 1 aromatic carbocycles.